The van der Waals surface area contributed by atoms with E-state index in [-0.39, 0.29) is 17.4 Å². The van der Waals surface area contributed by atoms with Gasteiger partial charge in [-0.25, -0.2) is 4.79 Å². The summed E-state index contributed by atoms with van der Waals surface area (Å²) in [4.78, 5) is 22.4. The summed E-state index contributed by atoms with van der Waals surface area (Å²) in [7, 11) is 1.46. The van der Waals surface area contributed by atoms with Crippen molar-refractivity contribution in [3.8, 4) is 11.5 Å². The van der Waals surface area contributed by atoms with Crippen LogP contribution >= 0.6 is 0 Å². The molecule has 0 heterocycles. The molecule has 1 N–H and O–H groups in total. The summed E-state index contributed by atoms with van der Waals surface area (Å²) in [6, 6.07) is 4.66. The van der Waals surface area contributed by atoms with Gasteiger partial charge in [-0.1, -0.05) is 6.07 Å². The van der Waals surface area contributed by atoms with Gasteiger partial charge in [-0.15, -0.1) is 0 Å². The molecule has 1 aromatic rings. The zero-order chi connectivity index (χ0) is 13.1. The Hall–Kier alpha value is -2.04. The van der Waals surface area contributed by atoms with Crippen molar-refractivity contribution in [3.63, 3.8) is 0 Å². The monoisotopic (exact) mass is 250 g/mol. The summed E-state index contributed by atoms with van der Waals surface area (Å²) in [6.07, 6.45) is 2.96. The lowest BCUT2D eigenvalue weighted by Gasteiger charge is -2.27. The molecule has 0 aromatic heterocycles. The number of hydrogen-bond donors (Lipinski definition) is 1. The minimum absolute atomic E-state index is 0.0359. The molecule has 0 radical (unpaired) electrons. The summed E-state index contributed by atoms with van der Waals surface area (Å²) in [5.41, 5.74) is 0.0359. The van der Waals surface area contributed by atoms with Crippen LogP contribution in [0, 0.1) is 0 Å². The van der Waals surface area contributed by atoms with Crippen molar-refractivity contribution >= 4 is 11.8 Å². The standard InChI is InChI=1S/C13H14O5/c1-17-10-7-3-6-9(11(14)13(15)16)12(10)18-8-4-2-5-8/h3,6-8H,2,4-5H2,1H3,(H,15,16). The molecule has 2 rings (SSSR count). The fraction of sp³-hybridized carbons (Fsp3) is 0.385. The molecule has 0 bridgehead atoms. The van der Waals surface area contributed by atoms with E-state index in [4.69, 9.17) is 14.6 Å². The van der Waals surface area contributed by atoms with Crippen molar-refractivity contribution in [2.45, 2.75) is 25.4 Å². The third kappa shape index (κ3) is 2.30. The summed E-state index contributed by atoms with van der Waals surface area (Å²) in [6.45, 7) is 0. The van der Waals surface area contributed by atoms with Gasteiger partial charge in [0.05, 0.1) is 18.8 Å². The number of methoxy groups -OCH3 is 1. The first-order chi connectivity index (χ1) is 8.63. The molecule has 1 fully saturated rings. The van der Waals surface area contributed by atoms with E-state index < -0.39 is 11.8 Å². The summed E-state index contributed by atoms with van der Waals surface area (Å²) in [5, 5.41) is 8.78. The van der Waals surface area contributed by atoms with Crippen molar-refractivity contribution in [2.24, 2.45) is 0 Å². The lowest BCUT2D eigenvalue weighted by molar-refractivity contribution is -0.131. The highest BCUT2D eigenvalue weighted by Gasteiger charge is 2.26. The van der Waals surface area contributed by atoms with Crippen LogP contribution in [0.15, 0.2) is 18.2 Å². The zero-order valence-corrected chi connectivity index (χ0v) is 10.0. The maximum atomic E-state index is 11.6. The van der Waals surface area contributed by atoms with Gasteiger partial charge in [0.2, 0.25) is 0 Å². The van der Waals surface area contributed by atoms with Crippen molar-refractivity contribution in [3.05, 3.63) is 23.8 Å². The van der Waals surface area contributed by atoms with Crippen LogP contribution < -0.4 is 9.47 Å². The van der Waals surface area contributed by atoms with Crippen molar-refractivity contribution in [1.82, 2.24) is 0 Å². The number of ketones is 1. The van der Waals surface area contributed by atoms with Crippen LogP contribution in [0.3, 0.4) is 0 Å². The van der Waals surface area contributed by atoms with Gasteiger partial charge in [0.1, 0.15) is 0 Å². The number of carbonyl (C=O) groups excluding carboxylic acids is 1. The summed E-state index contributed by atoms with van der Waals surface area (Å²) >= 11 is 0. The number of hydrogen-bond acceptors (Lipinski definition) is 4. The molecule has 5 nitrogen and oxygen atoms in total. The van der Waals surface area contributed by atoms with Crippen LogP contribution in [0.4, 0.5) is 0 Å². The van der Waals surface area contributed by atoms with Gasteiger partial charge < -0.3 is 14.6 Å². The van der Waals surface area contributed by atoms with Crippen LogP contribution in [0.25, 0.3) is 0 Å². The van der Waals surface area contributed by atoms with E-state index in [9.17, 15) is 9.59 Å². The van der Waals surface area contributed by atoms with Crippen LogP contribution in [-0.4, -0.2) is 30.1 Å². The van der Waals surface area contributed by atoms with E-state index in [0.29, 0.717) is 5.75 Å². The minimum Gasteiger partial charge on any atom is -0.493 e. The first-order valence-corrected chi connectivity index (χ1v) is 5.74. The molecule has 96 valence electrons. The average Bonchev–Trinajstić information content (AvgIpc) is 2.32. The van der Waals surface area contributed by atoms with Crippen LogP contribution in [0.5, 0.6) is 11.5 Å². The number of rotatable bonds is 5. The molecule has 0 spiro atoms. The highest BCUT2D eigenvalue weighted by molar-refractivity contribution is 6.40. The van der Waals surface area contributed by atoms with Gasteiger partial charge in [-0.05, 0) is 31.4 Å². The fourth-order valence-corrected chi connectivity index (χ4v) is 1.75. The first-order valence-electron chi connectivity index (χ1n) is 5.74. The maximum Gasteiger partial charge on any atom is 0.377 e. The second-order valence-electron chi connectivity index (χ2n) is 4.14. The largest absolute Gasteiger partial charge is 0.493 e. The molecule has 0 saturated heterocycles. The van der Waals surface area contributed by atoms with Crippen molar-refractivity contribution in [1.29, 1.82) is 0 Å². The third-order valence-electron chi connectivity index (χ3n) is 2.97. The second-order valence-corrected chi connectivity index (χ2v) is 4.14. The Labute approximate surface area is 104 Å². The number of para-hydroxylation sites is 1. The molecular formula is C13H14O5. The van der Waals surface area contributed by atoms with E-state index in [1.807, 2.05) is 0 Å². The Morgan fingerprint density at radius 1 is 1.33 bits per heavy atom. The molecule has 18 heavy (non-hydrogen) atoms. The predicted octanol–water partition coefficient (Wildman–Crippen LogP) is 1.89. The normalized spacial score (nSPS) is 14.7. The molecule has 0 aliphatic heterocycles. The maximum absolute atomic E-state index is 11.6. The van der Waals surface area contributed by atoms with Gasteiger partial charge in [0, 0.05) is 0 Å². The van der Waals surface area contributed by atoms with E-state index in [1.54, 1.807) is 12.1 Å². The number of ether oxygens (including phenoxy) is 2. The molecule has 1 aliphatic carbocycles. The van der Waals surface area contributed by atoms with Crippen LogP contribution in [0.2, 0.25) is 0 Å². The highest BCUT2D eigenvalue weighted by Crippen LogP contribution is 2.35. The molecule has 0 atom stereocenters. The Balaban J connectivity index is 2.37. The Kier molecular flexibility index (Phi) is 3.50. The molecule has 0 unspecified atom stereocenters. The molecular weight excluding hydrogens is 236 g/mol. The lowest BCUT2D eigenvalue weighted by Crippen LogP contribution is -2.26. The Morgan fingerprint density at radius 3 is 2.56 bits per heavy atom. The number of benzene rings is 1. The van der Waals surface area contributed by atoms with Gasteiger partial charge >= 0.3 is 5.97 Å². The Bertz CT molecular complexity index is 476. The fourth-order valence-electron chi connectivity index (χ4n) is 1.75. The SMILES string of the molecule is COc1cccc(C(=O)C(=O)O)c1OC1CCC1. The van der Waals surface area contributed by atoms with E-state index in [0.717, 1.165) is 19.3 Å². The van der Waals surface area contributed by atoms with E-state index in [2.05, 4.69) is 0 Å². The number of Topliss-reactive ketones (excluding diaryl/α,β-unsaturated/α-hetero) is 1. The molecule has 5 heteroatoms. The Morgan fingerprint density at radius 2 is 2.06 bits per heavy atom. The van der Waals surface area contributed by atoms with Crippen molar-refractivity contribution < 1.29 is 24.2 Å². The quantitative estimate of drug-likeness (QED) is 0.638. The first kappa shape index (κ1) is 12.4. The van der Waals surface area contributed by atoms with E-state index in [1.165, 1.54) is 13.2 Å². The second kappa shape index (κ2) is 5.08. The smallest absolute Gasteiger partial charge is 0.377 e. The molecule has 1 aromatic carbocycles. The summed E-state index contributed by atoms with van der Waals surface area (Å²) < 4.78 is 10.8. The molecule has 1 aliphatic rings. The predicted molar refractivity (Wildman–Crippen MR) is 63.2 cm³/mol. The summed E-state index contributed by atoms with van der Waals surface area (Å²) in [5.74, 6) is -1.86. The van der Waals surface area contributed by atoms with Gasteiger partial charge in [0.25, 0.3) is 5.78 Å². The topological polar surface area (TPSA) is 72.8 Å². The number of carboxylic acids is 1. The zero-order valence-electron chi connectivity index (χ0n) is 10.0. The highest BCUT2D eigenvalue weighted by atomic mass is 16.5. The van der Waals surface area contributed by atoms with Gasteiger partial charge in [0.15, 0.2) is 11.5 Å². The van der Waals surface area contributed by atoms with Gasteiger partial charge in [-0.3, -0.25) is 4.79 Å². The molecule has 0 amide bonds. The van der Waals surface area contributed by atoms with Crippen LogP contribution in [-0.2, 0) is 4.79 Å². The van der Waals surface area contributed by atoms with Crippen molar-refractivity contribution in [2.75, 3.05) is 7.11 Å². The number of carbonyl (C=O) groups is 2. The molecule has 1 saturated carbocycles. The van der Waals surface area contributed by atoms with E-state index >= 15 is 0 Å². The number of carboxylic acid groups (broad SMARTS) is 1. The lowest BCUT2D eigenvalue weighted by atomic mass is 9.96. The number of aliphatic carboxylic acids is 1. The van der Waals surface area contributed by atoms with Gasteiger partial charge in [-0.2, -0.15) is 0 Å². The average molecular weight is 250 g/mol. The van der Waals surface area contributed by atoms with Crippen LogP contribution in [0.1, 0.15) is 29.6 Å². The minimum atomic E-state index is -1.50. The third-order valence-corrected chi connectivity index (χ3v) is 2.97.